The maximum Gasteiger partial charge on any atom is 0.373 e. The van der Waals surface area contributed by atoms with Crippen molar-refractivity contribution in [2.75, 3.05) is 0 Å². The van der Waals surface area contributed by atoms with Crippen LogP contribution >= 0.6 is 0 Å². The summed E-state index contributed by atoms with van der Waals surface area (Å²) in [5.41, 5.74) is 4.54. The first kappa shape index (κ1) is 23.6. The first-order chi connectivity index (χ1) is 14.3. The van der Waals surface area contributed by atoms with E-state index in [4.69, 9.17) is 19.6 Å². The van der Waals surface area contributed by atoms with Gasteiger partial charge in [-0.15, -0.1) is 9.78 Å². The van der Waals surface area contributed by atoms with Crippen LogP contribution in [-0.2, 0) is 19.6 Å². The predicted molar refractivity (Wildman–Crippen MR) is 113 cm³/mol. The molecule has 0 saturated carbocycles. The lowest BCUT2D eigenvalue weighted by Gasteiger charge is -2.15. The molecule has 0 radical (unpaired) electrons. The van der Waals surface area contributed by atoms with Crippen molar-refractivity contribution in [3.05, 3.63) is 69.8 Å². The van der Waals surface area contributed by atoms with Crippen molar-refractivity contribution >= 4 is 11.9 Å². The molecule has 0 aromatic heterocycles. The molecular formula is C24H30O6. The van der Waals surface area contributed by atoms with Crippen molar-refractivity contribution in [1.82, 2.24) is 0 Å². The number of rotatable bonds is 10. The average Bonchev–Trinajstić information content (AvgIpc) is 2.67. The van der Waals surface area contributed by atoms with E-state index in [1.54, 1.807) is 24.3 Å². The molecule has 0 fully saturated rings. The second-order valence-electron chi connectivity index (χ2n) is 7.61. The van der Waals surface area contributed by atoms with E-state index in [2.05, 4.69) is 6.92 Å². The van der Waals surface area contributed by atoms with E-state index in [9.17, 15) is 9.59 Å². The van der Waals surface area contributed by atoms with E-state index in [1.165, 1.54) is 0 Å². The molecule has 0 spiro atoms. The van der Waals surface area contributed by atoms with Gasteiger partial charge in [-0.1, -0.05) is 54.2 Å². The lowest BCUT2D eigenvalue weighted by molar-refractivity contribution is -0.421. The number of benzene rings is 2. The normalized spacial score (nSPS) is 10.9. The summed E-state index contributed by atoms with van der Waals surface area (Å²) in [7, 11) is 0. The Hall–Kier alpha value is -2.70. The van der Waals surface area contributed by atoms with Gasteiger partial charge in [-0.05, 0) is 58.4 Å². The van der Waals surface area contributed by atoms with Crippen molar-refractivity contribution in [1.29, 1.82) is 0 Å². The highest BCUT2D eigenvalue weighted by Gasteiger charge is 2.20. The van der Waals surface area contributed by atoms with Crippen LogP contribution in [0.4, 0.5) is 0 Å². The molecule has 0 unspecified atom stereocenters. The minimum Gasteiger partial charge on any atom is -0.290 e. The molecule has 0 heterocycles. The van der Waals surface area contributed by atoms with Gasteiger partial charge in [0, 0.05) is 6.42 Å². The molecule has 2 rings (SSSR count). The summed E-state index contributed by atoms with van der Waals surface area (Å²) in [5, 5.41) is 0. The molecule has 0 saturated heterocycles. The Balaban J connectivity index is 1.97. The van der Waals surface area contributed by atoms with Crippen LogP contribution in [0.3, 0.4) is 0 Å². The van der Waals surface area contributed by atoms with Crippen LogP contribution in [0.2, 0.25) is 0 Å². The quantitative estimate of drug-likeness (QED) is 0.215. The van der Waals surface area contributed by atoms with Crippen molar-refractivity contribution in [2.45, 2.75) is 66.6 Å². The predicted octanol–water partition coefficient (Wildman–Crippen LogP) is 5.70. The van der Waals surface area contributed by atoms with Crippen molar-refractivity contribution in [3.8, 4) is 0 Å². The lowest BCUT2D eigenvalue weighted by Crippen LogP contribution is -2.22. The van der Waals surface area contributed by atoms with E-state index in [1.807, 2.05) is 39.8 Å². The van der Waals surface area contributed by atoms with Crippen molar-refractivity contribution in [3.63, 3.8) is 0 Å². The Bertz CT molecular complexity index is 766. The molecule has 0 atom stereocenters. The second-order valence-corrected chi connectivity index (χ2v) is 7.61. The molecule has 30 heavy (non-hydrogen) atoms. The van der Waals surface area contributed by atoms with E-state index in [0.29, 0.717) is 17.5 Å². The summed E-state index contributed by atoms with van der Waals surface area (Å²) in [4.78, 5) is 44.9. The van der Waals surface area contributed by atoms with Crippen LogP contribution < -0.4 is 0 Å². The van der Waals surface area contributed by atoms with Gasteiger partial charge in [0.15, 0.2) is 0 Å². The van der Waals surface area contributed by atoms with Gasteiger partial charge in [-0.2, -0.15) is 0 Å². The average molecular weight is 414 g/mol. The van der Waals surface area contributed by atoms with Gasteiger partial charge in [0.1, 0.15) is 0 Å². The number of hydrogen-bond acceptors (Lipinski definition) is 6. The summed E-state index contributed by atoms with van der Waals surface area (Å²) in [6.45, 7) is 9.65. The molecule has 2 aromatic carbocycles. The number of aryl methyl sites for hydroxylation is 4. The molecule has 6 heteroatoms. The molecule has 0 aliphatic heterocycles. The fraction of sp³-hybridized carbons (Fsp3) is 0.417. The zero-order chi connectivity index (χ0) is 22.1. The van der Waals surface area contributed by atoms with Gasteiger partial charge < -0.3 is 0 Å². The zero-order valence-electron chi connectivity index (χ0n) is 18.3. The third-order valence-electron chi connectivity index (χ3n) is 4.42. The summed E-state index contributed by atoms with van der Waals surface area (Å²) in [6, 6.07) is 10.8. The van der Waals surface area contributed by atoms with Gasteiger partial charge in [0.05, 0.1) is 11.1 Å². The number of hydrogen-bond donors (Lipinski definition) is 0. The van der Waals surface area contributed by atoms with Crippen molar-refractivity contribution in [2.24, 2.45) is 0 Å². The highest BCUT2D eigenvalue weighted by Crippen LogP contribution is 2.15. The number of carbonyl (C=O) groups is 2. The molecule has 0 aliphatic rings. The smallest absolute Gasteiger partial charge is 0.290 e. The number of unbranched alkanes of at least 4 members (excludes halogenated alkanes) is 2. The van der Waals surface area contributed by atoms with Crippen LogP contribution in [0.1, 0.15) is 75.6 Å². The highest BCUT2D eigenvalue weighted by molar-refractivity contribution is 5.90. The molecule has 0 N–H and O–H groups in total. The summed E-state index contributed by atoms with van der Waals surface area (Å²) >= 11 is 0. The summed E-state index contributed by atoms with van der Waals surface area (Å²) in [5.74, 6) is -1.27. The minimum atomic E-state index is -1.01. The van der Waals surface area contributed by atoms with E-state index >= 15 is 0 Å². The van der Waals surface area contributed by atoms with Crippen LogP contribution in [-0.4, -0.2) is 18.2 Å². The standard InChI is InChI=1S/C24H30O6/c1-6-7-8-9-22(27-29-23(25)20-12-16(2)10-17(3)13-20)28-30-24(26)21-14-18(4)11-19(5)15-21/h10-15,22H,6-9H2,1-5H3. The molecule has 6 nitrogen and oxygen atoms in total. The minimum absolute atomic E-state index is 0.382. The SMILES string of the molecule is CCCCCC(OOC(=O)c1cc(C)cc(C)c1)OOC(=O)c1cc(C)cc(C)c1. The van der Waals surface area contributed by atoms with E-state index in [-0.39, 0.29) is 0 Å². The Labute approximate surface area is 178 Å². The Morgan fingerprint density at radius 1 is 0.700 bits per heavy atom. The van der Waals surface area contributed by atoms with Gasteiger partial charge in [-0.25, -0.2) is 9.59 Å². The molecule has 0 aliphatic carbocycles. The molecule has 0 bridgehead atoms. The summed E-state index contributed by atoms with van der Waals surface area (Å²) < 4.78 is 0. The van der Waals surface area contributed by atoms with E-state index in [0.717, 1.165) is 41.5 Å². The van der Waals surface area contributed by atoms with Crippen LogP contribution in [0.25, 0.3) is 0 Å². The lowest BCUT2D eigenvalue weighted by atomic mass is 10.1. The zero-order valence-corrected chi connectivity index (χ0v) is 18.3. The fourth-order valence-electron chi connectivity index (χ4n) is 3.15. The molecule has 2 aromatic rings. The largest absolute Gasteiger partial charge is 0.373 e. The van der Waals surface area contributed by atoms with Crippen LogP contribution in [0, 0.1) is 27.7 Å². The van der Waals surface area contributed by atoms with Crippen LogP contribution in [0.5, 0.6) is 0 Å². The van der Waals surface area contributed by atoms with E-state index < -0.39 is 18.2 Å². The highest BCUT2D eigenvalue weighted by atomic mass is 17.3. The maximum atomic E-state index is 12.3. The van der Waals surface area contributed by atoms with Gasteiger partial charge >= 0.3 is 11.9 Å². The molecular weight excluding hydrogens is 384 g/mol. The first-order valence-corrected chi connectivity index (χ1v) is 10.2. The first-order valence-electron chi connectivity index (χ1n) is 10.2. The Morgan fingerprint density at radius 2 is 1.10 bits per heavy atom. The third-order valence-corrected chi connectivity index (χ3v) is 4.42. The topological polar surface area (TPSA) is 71.1 Å². The molecule has 0 amide bonds. The van der Waals surface area contributed by atoms with Crippen LogP contribution in [0.15, 0.2) is 36.4 Å². The Morgan fingerprint density at radius 3 is 1.47 bits per heavy atom. The monoisotopic (exact) mass is 414 g/mol. The third kappa shape index (κ3) is 7.61. The maximum absolute atomic E-state index is 12.3. The number of carbonyl (C=O) groups excluding carboxylic acids is 2. The van der Waals surface area contributed by atoms with Crippen molar-refractivity contribution < 1.29 is 29.1 Å². The van der Waals surface area contributed by atoms with Gasteiger partial charge in [-0.3, -0.25) is 9.78 Å². The van der Waals surface area contributed by atoms with Gasteiger partial charge in [0.25, 0.3) is 0 Å². The second kappa shape index (κ2) is 11.5. The molecule has 162 valence electrons. The Kier molecular flexibility index (Phi) is 9.02. The van der Waals surface area contributed by atoms with Gasteiger partial charge in [0.2, 0.25) is 6.29 Å². The fourth-order valence-corrected chi connectivity index (χ4v) is 3.15. The summed E-state index contributed by atoms with van der Waals surface area (Å²) in [6.07, 6.45) is 2.11.